The molecule has 29 heavy (non-hydrogen) atoms. The van der Waals surface area contributed by atoms with Gasteiger partial charge in [0.15, 0.2) is 5.82 Å². The lowest BCUT2D eigenvalue weighted by molar-refractivity contribution is 0.372. The Labute approximate surface area is 170 Å². The highest BCUT2D eigenvalue weighted by Crippen LogP contribution is 2.25. The van der Waals surface area contributed by atoms with Gasteiger partial charge in [-0.05, 0) is 50.1 Å². The third-order valence-electron chi connectivity index (χ3n) is 4.99. The smallest absolute Gasteiger partial charge is 0.227 e. The second kappa shape index (κ2) is 8.41. The zero-order valence-electron chi connectivity index (χ0n) is 17.0. The van der Waals surface area contributed by atoms with Crippen LogP contribution in [0.1, 0.15) is 28.4 Å². The predicted molar refractivity (Wildman–Crippen MR) is 113 cm³/mol. The number of hydrogen-bond donors (Lipinski definition) is 1. The van der Waals surface area contributed by atoms with Crippen LogP contribution in [0.15, 0.2) is 59.3 Å². The van der Waals surface area contributed by atoms with Crippen molar-refractivity contribution in [2.45, 2.75) is 33.7 Å². The van der Waals surface area contributed by atoms with Crippen LogP contribution in [-0.2, 0) is 13.0 Å². The number of rotatable bonds is 7. The molecule has 0 radical (unpaired) electrons. The quantitative estimate of drug-likeness (QED) is 0.482. The van der Waals surface area contributed by atoms with E-state index in [4.69, 9.17) is 9.62 Å². The minimum Gasteiger partial charge on any atom is -0.339 e. The van der Waals surface area contributed by atoms with Crippen molar-refractivity contribution >= 4 is 0 Å². The average molecular weight is 387 g/mol. The molecule has 1 N–H and O–H groups in total. The van der Waals surface area contributed by atoms with Crippen LogP contribution in [0.4, 0.5) is 0 Å². The number of hydrogen-bond acceptors (Lipinski definition) is 5. The topological polar surface area (TPSA) is 68.8 Å². The van der Waals surface area contributed by atoms with Gasteiger partial charge in [0, 0.05) is 36.8 Å². The SMILES string of the molecule is Cc1noc(CCNCc2cn(-c3ccccc3)nc2-c2ccc(C)c(C)c2)n1. The normalized spacial score (nSPS) is 11.1. The van der Waals surface area contributed by atoms with Crippen LogP contribution >= 0.6 is 0 Å². The van der Waals surface area contributed by atoms with Gasteiger partial charge in [-0.2, -0.15) is 10.1 Å². The standard InChI is InChI=1S/C23H25N5O/c1-16-9-10-19(13-17(16)2)23-20(14-24-12-11-22-25-18(3)27-29-22)15-28(26-23)21-7-5-4-6-8-21/h4-10,13,15,24H,11-12,14H2,1-3H3. The van der Waals surface area contributed by atoms with Crippen LogP contribution in [0, 0.1) is 20.8 Å². The Kier molecular flexibility index (Phi) is 5.53. The fraction of sp³-hybridized carbons (Fsp3) is 0.261. The second-order valence-corrected chi connectivity index (χ2v) is 7.24. The molecule has 2 heterocycles. The lowest BCUT2D eigenvalue weighted by Gasteiger charge is -2.06. The number of para-hydroxylation sites is 1. The minimum atomic E-state index is 0.657. The van der Waals surface area contributed by atoms with Gasteiger partial charge in [-0.1, -0.05) is 35.5 Å². The summed E-state index contributed by atoms with van der Waals surface area (Å²) in [4.78, 5) is 4.25. The molecule has 0 aliphatic carbocycles. The van der Waals surface area contributed by atoms with Gasteiger partial charge in [-0.15, -0.1) is 0 Å². The molecule has 6 heteroatoms. The summed E-state index contributed by atoms with van der Waals surface area (Å²) in [5.74, 6) is 1.32. The van der Waals surface area contributed by atoms with Crippen LogP contribution in [0.2, 0.25) is 0 Å². The average Bonchev–Trinajstić information content (AvgIpc) is 3.34. The molecule has 2 aromatic heterocycles. The van der Waals surface area contributed by atoms with E-state index in [1.54, 1.807) is 0 Å². The largest absolute Gasteiger partial charge is 0.339 e. The fourth-order valence-corrected chi connectivity index (χ4v) is 3.24. The number of benzene rings is 2. The lowest BCUT2D eigenvalue weighted by Crippen LogP contribution is -2.17. The third kappa shape index (κ3) is 4.43. The summed E-state index contributed by atoms with van der Waals surface area (Å²) in [5, 5.41) is 12.2. The fourth-order valence-electron chi connectivity index (χ4n) is 3.24. The molecule has 0 unspecified atom stereocenters. The van der Waals surface area contributed by atoms with E-state index in [2.05, 4.69) is 65.8 Å². The Morgan fingerprint density at radius 2 is 1.83 bits per heavy atom. The maximum Gasteiger partial charge on any atom is 0.227 e. The zero-order chi connectivity index (χ0) is 20.2. The van der Waals surface area contributed by atoms with Crippen LogP contribution in [0.25, 0.3) is 16.9 Å². The van der Waals surface area contributed by atoms with Gasteiger partial charge in [0.25, 0.3) is 0 Å². The van der Waals surface area contributed by atoms with Gasteiger partial charge in [0.2, 0.25) is 5.89 Å². The van der Waals surface area contributed by atoms with Gasteiger partial charge in [0.1, 0.15) is 0 Å². The Hall–Kier alpha value is -3.25. The second-order valence-electron chi connectivity index (χ2n) is 7.24. The van der Waals surface area contributed by atoms with E-state index < -0.39 is 0 Å². The molecule has 0 aliphatic heterocycles. The predicted octanol–water partition coefficient (Wildman–Crippen LogP) is 4.18. The van der Waals surface area contributed by atoms with E-state index in [0.29, 0.717) is 24.7 Å². The monoisotopic (exact) mass is 387 g/mol. The van der Waals surface area contributed by atoms with Gasteiger partial charge < -0.3 is 9.84 Å². The first-order valence-corrected chi connectivity index (χ1v) is 9.81. The summed E-state index contributed by atoms with van der Waals surface area (Å²) < 4.78 is 7.13. The summed E-state index contributed by atoms with van der Waals surface area (Å²) in [6.07, 6.45) is 2.80. The molecule has 0 aliphatic rings. The Balaban J connectivity index is 1.56. The molecule has 6 nitrogen and oxygen atoms in total. The Bertz CT molecular complexity index is 1100. The van der Waals surface area contributed by atoms with E-state index >= 15 is 0 Å². The van der Waals surface area contributed by atoms with Crippen molar-refractivity contribution in [3.05, 3.63) is 83.1 Å². The van der Waals surface area contributed by atoms with Crippen molar-refractivity contribution in [2.24, 2.45) is 0 Å². The molecule has 4 rings (SSSR count). The van der Waals surface area contributed by atoms with Crippen LogP contribution in [0.5, 0.6) is 0 Å². The third-order valence-corrected chi connectivity index (χ3v) is 4.99. The summed E-state index contributed by atoms with van der Waals surface area (Å²) in [5.41, 5.74) is 6.88. The number of aryl methyl sites for hydroxylation is 3. The highest BCUT2D eigenvalue weighted by atomic mass is 16.5. The molecule has 4 aromatic rings. The molecule has 0 saturated carbocycles. The maximum absolute atomic E-state index is 5.18. The minimum absolute atomic E-state index is 0.657. The van der Waals surface area contributed by atoms with E-state index in [-0.39, 0.29) is 0 Å². The van der Waals surface area contributed by atoms with E-state index in [1.807, 2.05) is 29.8 Å². The van der Waals surface area contributed by atoms with E-state index in [9.17, 15) is 0 Å². The summed E-state index contributed by atoms with van der Waals surface area (Å²) in [7, 11) is 0. The maximum atomic E-state index is 5.18. The molecule has 148 valence electrons. The van der Waals surface area contributed by atoms with Gasteiger partial charge >= 0.3 is 0 Å². The van der Waals surface area contributed by atoms with Crippen LogP contribution in [0.3, 0.4) is 0 Å². The van der Waals surface area contributed by atoms with Crippen molar-refractivity contribution in [1.82, 2.24) is 25.2 Å². The molecular weight excluding hydrogens is 362 g/mol. The highest BCUT2D eigenvalue weighted by molar-refractivity contribution is 5.64. The van der Waals surface area contributed by atoms with Crippen LogP contribution < -0.4 is 5.32 Å². The van der Waals surface area contributed by atoms with Crippen molar-refractivity contribution in [1.29, 1.82) is 0 Å². The molecule has 0 saturated heterocycles. The highest BCUT2D eigenvalue weighted by Gasteiger charge is 2.13. The summed E-state index contributed by atoms with van der Waals surface area (Å²) >= 11 is 0. The summed E-state index contributed by atoms with van der Waals surface area (Å²) in [6.45, 7) is 7.56. The van der Waals surface area contributed by atoms with Crippen molar-refractivity contribution in [2.75, 3.05) is 6.54 Å². The Morgan fingerprint density at radius 1 is 1.00 bits per heavy atom. The molecule has 0 amide bonds. The zero-order valence-corrected chi connectivity index (χ0v) is 17.0. The van der Waals surface area contributed by atoms with Crippen LogP contribution in [-0.4, -0.2) is 26.5 Å². The molecule has 0 spiro atoms. The number of nitrogens with one attached hydrogen (secondary N) is 1. The van der Waals surface area contributed by atoms with Crippen molar-refractivity contribution in [3.8, 4) is 16.9 Å². The van der Waals surface area contributed by atoms with Crippen molar-refractivity contribution in [3.63, 3.8) is 0 Å². The van der Waals surface area contributed by atoms with Crippen molar-refractivity contribution < 1.29 is 4.52 Å². The lowest BCUT2D eigenvalue weighted by atomic mass is 10.0. The van der Waals surface area contributed by atoms with Gasteiger partial charge in [-0.3, -0.25) is 0 Å². The first kappa shape index (κ1) is 19.1. The number of nitrogens with zero attached hydrogens (tertiary/aromatic N) is 4. The molecule has 0 bridgehead atoms. The summed E-state index contributed by atoms with van der Waals surface area (Å²) in [6, 6.07) is 16.7. The molecular formula is C23H25N5O. The van der Waals surface area contributed by atoms with E-state index in [1.165, 1.54) is 11.1 Å². The first-order chi connectivity index (χ1) is 14.1. The molecule has 0 fully saturated rings. The molecule has 2 aromatic carbocycles. The first-order valence-electron chi connectivity index (χ1n) is 9.81. The van der Waals surface area contributed by atoms with E-state index in [0.717, 1.165) is 29.1 Å². The van der Waals surface area contributed by atoms with Gasteiger partial charge in [0.05, 0.1) is 11.4 Å². The molecule has 0 atom stereocenters. The number of aromatic nitrogens is 4. The van der Waals surface area contributed by atoms with Gasteiger partial charge in [-0.25, -0.2) is 4.68 Å². The Morgan fingerprint density at radius 3 is 2.55 bits per heavy atom.